The molecule has 184 valence electrons. The highest BCUT2D eigenvalue weighted by atomic mass is 19.1. The number of nitrogens with zero attached hydrogens (tertiary/aromatic N) is 2. The van der Waals surface area contributed by atoms with E-state index in [0.717, 1.165) is 16.8 Å². The molecule has 1 heterocycles. The normalized spacial score (nSPS) is 13.3. The molecular formula is C26H27FN2O6. The van der Waals surface area contributed by atoms with Gasteiger partial charge < -0.3 is 19.9 Å². The molecule has 0 aliphatic rings. The van der Waals surface area contributed by atoms with E-state index in [0.29, 0.717) is 11.3 Å². The van der Waals surface area contributed by atoms with Gasteiger partial charge in [0.05, 0.1) is 29.2 Å². The summed E-state index contributed by atoms with van der Waals surface area (Å²) in [5, 5.41) is 40.1. The van der Waals surface area contributed by atoms with Crippen molar-refractivity contribution in [3.63, 3.8) is 0 Å². The van der Waals surface area contributed by atoms with Gasteiger partial charge in [0.2, 0.25) is 0 Å². The fourth-order valence-corrected chi connectivity index (χ4v) is 3.86. The maximum absolute atomic E-state index is 13.7. The number of rotatable bonds is 10. The Morgan fingerprint density at radius 3 is 2.23 bits per heavy atom. The van der Waals surface area contributed by atoms with Gasteiger partial charge in [-0.05, 0) is 65.6 Å². The van der Waals surface area contributed by atoms with Crippen LogP contribution < -0.4 is 0 Å². The van der Waals surface area contributed by atoms with Crippen molar-refractivity contribution in [3.05, 3.63) is 82.3 Å². The number of benzene rings is 2. The van der Waals surface area contributed by atoms with Crippen LogP contribution in [0.2, 0.25) is 0 Å². The molecular weight excluding hydrogens is 455 g/mol. The van der Waals surface area contributed by atoms with Crippen LogP contribution in [-0.2, 0) is 4.79 Å². The number of halogens is 1. The predicted molar refractivity (Wildman–Crippen MR) is 130 cm³/mol. The van der Waals surface area contributed by atoms with Crippen molar-refractivity contribution < 1.29 is 29.4 Å². The monoisotopic (exact) mass is 482 g/mol. The van der Waals surface area contributed by atoms with Gasteiger partial charge in [0, 0.05) is 36.0 Å². The number of carboxylic acid groups (broad SMARTS) is 1. The highest BCUT2D eigenvalue weighted by Gasteiger charge is 2.20. The van der Waals surface area contributed by atoms with Crippen molar-refractivity contribution in [1.82, 2.24) is 4.57 Å². The zero-order valence-corrected chi connectivity index (χ0v) is 19.3. The van der Waals surface area contributed by atoms with E-state index in [1.165, 1.54) is 30.3 Å². The van der Waals surface area contributed by atoms with Crippen LogP contribution in [0.4, 0.5) is 10.1 Å². The number of hydrogen-bond acceptors (Lipinski definition) is 5. The molecule has 0 unspecified atom stereocenters. The molecule has 2 aromatic carbocycles. The lowest BCUT2D eigenvalue weighted by Gasteiger charge is -2.15. The highest BCUT2D eigenvalue weighted by molar-refractivity contribution is 5.84. The van der Waals surface area contributed by atoms with E-state index >= 15 is 0 Å². The van der Waals surface area contributed by atoms with Crippen molar-refractivity contribution >= 4 is 17.9 Å². The van der Waals surface area contributed by atoms with Gasteiger partial charge in [-0.2, -0.15) is 0 Å². The van der Waals surface area contributed by atoms with Gasteiger partial charge in [-0.3, -0.25) is 14.9 Å². The summed E-state index contributed by atoms with van der Waals surface area (Å²) in [6.07, 6.45) is 0.174. The summed E-state index contributed by atoms with van der Waals surface area (Å²) in [6, 6.07) is 14.0. The standard InChI is InChI=1S/C26H27FN2O6/c1-16(2)24-15-23(17-5-9-20(10-6-17)29(34)35)26(18-3-7-19(27)8-4-18)28(24)12-11-21(30)13-22(31)14-25(32)33/h3-12,15-16,21-22,30-31H,13-14H2,1-2H3,(H,32,33)/b12-11+/t21-,22-/m1/s1. The molecule has 0 aliphatic carbocycles. The summed E-state index contributed by atoms with van der Waals surface area (Å²) in [6.45, 7) is 3.97. The van der Waals surface area contributed by atoms with Crippen molar-refractivity contribution in [2.24, 2.45) is 0 Å². The molecule has 8 nitrogen and oxygen atoms in total. The number of nitro groups is 1. The molecule has 3 N–H and O–H groups in total. The molecule has 2 atom stereocenters. The number of aliphatic hydroxyl groups is 2. The number of aliphatic carboxylic acids is 1. The van der Waals surface area contributed by atoms with E-state index in [4.69, 9.17) is 5.11 Å². The zero-order valence-electron chi connectivity index (χ0n) is 19.3. The van der Waals surface area contributed by atoms with Crippen LogP contribution in [0.15, 0.2) is 60.7 Å². The van der Waals surface area contributed by atoms with E-state index in [1.54, 1.807) is 30.5 Å². The number of carbonyl (C=O) groups is 1. The Balaban J connectivity index is 2.11. The molecule has 0 saturated carbocycles. The van der Waals surface area contributed by atoms with E-state index < -0.39 is 35.3 Å². The summed E-state index contributed by atoms with van der Waals surface area (Å²) in [4.78, 5) is 21.4. The Labute approximate surface area is 201 Å². The van der Waals surface area contributed by atoms with E-state index in [9.17, 15) is 29.5 Å². The first-order chi connectivity index (χ1) is 16.6. The Bertz CT molecular complexity index is 1220. The summed E-state index contributed by atoms with van der Waals surface area (Å²) in [7, 11) is 0. The lowest BCUT2D eigenvalue weighted by atomic mass is 10.0. The van der Waals surface area contributed by atoms with Gasteiger partial charge in [-0.15, -0.1) is 0 Å². The molecule has 1 aromatic heterocycles. The minimum absolute atomic E-state index is 0.0384. The third kappa shape index (κ3) is 6.40. The SMILES string of the molecule is CC(C)c1cc(-c2ccc([N+](=O)[O-])cc2)c(-c2ccc(F)cc2)n1/C=C/[C@@H](O)C[C@@H](O)CC(=O)O. The first-order valence-corrected chi connectivity index (χ1v) is 11.1. The minimum atomic E-state index is -1.20. The molecule has 9 heteroatoms. The molecule has 0 amide bonds. The van der Waals surface area contributed by atoms with Crippen molar-refractivity contribution in [2.45, 2.75) is 44.8 Å². The fraction of sp³-hybridized carbons (Fsp3) is 0.269. The third-order valence-electron chi connectivity index (χ3n) is 5.55. The van der Waals surface area contributed by atoms with Crippen molar-refractivity contribution in [2.75, 3.05) is 0 Å². The molecule has 0 fully saturated rings. The number of carboxylic acids is 1. The fourth-order valence-electron chi connectivity index (χ4n) is 3.86. The quantitative estimate of drug-likeness (QED) is 0.274. The number of aliphatic hydroxyl groups excluding tert-OH is 2. The summed E-state index contributed by atoms with van der Waals surface area (Å²) < 4.78 is 15.5. The number of non-ortho nitro benzene ring substituents is 1. The third-order valence-corrected chi connectivity index (χ3v) is 5.55. The molecule has 0 radical (unpaired) electrons. The maximum Gasteiger partial charge on any atom is 0.305 e. The number of hydrogen-bond donors (Lipinski definition) is 3. The molecule has 0 spiro atoms. The lowest BCUT2D eigenvalue weighted by Crippen LogP contribution is -2.19. The number of nitro benzene ring substituents is 1. The molecule has 3 rings (SSSR count). The van der Waals surface area contributed by atoms with Gasteiger partial charge in [0.1, 0.15) is 5.82 Å². The first-order valence-electron chi connectivity index (χ1n) is 11.1. The van der Waals surface area contributed by atoms with E-state index in [1.807, 2.05) is 24.5 Å². The van der Waals surface area contributed by atoms with Gasteiger partial charge in [0.25, 0.3) is 5.69 Å². The van der Waals surface area contributed by atoms with Gasteiger partial charge in [0.15, 0.2) is 0 Å². The van der Waals surface area contributed by atoms with Gasteiger partial charge >= 0.3 is 5.97 Å². The lowest BCUT2D eigenvalue weighted by molar-refractivity contribution is -0.384. The van der Waals surface area contributed by atoms with Crippen molar-refractivity contribution in [3.8, 4) is 22.4 Å². The zero-order chi connectivity index (χ0) is 25.7. The van der Waals surface area contributed by atoms with Crippen LogP contribution in [-0.4, -0.2) is 43.0 Å². The van der Waals surface area contributed by atoms with Crippen LogP contribution in [0.1, 0.15) is 38.3 Å². The maximum atomic E-state index is 13.7. The highest BCUT2D eigenvalue weighted by Crippen LogP contribution is 2.38. The largest absolute Gasteiger partial charge is 0.481 e. The Kier molecular flexibility index (Phi) is 8.16. The van der Waals surface area contributed by atoms with Crippen molar-refractivity contribution in [1.29, 1.82) is 0 Å². The van der Waals surface area contributed by atoms with Gasteiger partial charge in [-0.25, -0.2) is 4.39 Å². The number of aromatic nitrogens is 1. The smallest absolute Gasteiger partial charge is 0.305 e. The molecule has 0 aliphatic heterocycles. The Morgan fingerprint density at radius 2 is 1.69 bits per heavy atom. The molecule has 0 saturated heterocycles. The average molecular weight is 483 g/mol. The van der Waals surface area contributed by atoms with Gasteiger partial charge in [-0.1, -0.05) is 13.8 Å². The molecule has 35 heavy (non-hydrogen) atoms. The Hall–Kier alpha value is -3.82. The summed E-state index contributed by atoms with van der Waals surface area (Å²) >= 11 is 0. The second-order valence-electron chi connectivity index (χ2n) is 8.56. The van der Waals surface area contributed by atoms with E-state index in [2.05, 4.69) is 0 Å². The Morgan fingerprint density at radius 1 is 1.09 bits per heavy atom. The second-order valence-corrected chi connectivity index (χ2v) is 8.56. The molecule has 3 aromatic rings. The average Bonchev–Trinajstić information content (AvgIpc) is 3.17. The van der Waals surface area contributed by atoms with Crippen LogP contribution >= 0.6 is 0 Å². The summed E-state index contributed by atoms with van der Waals surface area (Å²) in [5.41, 5.74) is 3.70. The minimum Gasteiger partial charge on any atom is -0.481 e. The first kappa shape index (κ1) is 25.8. The van der Waals surface area contributed by atoms with Crippen LogP contribution in [0.5, 0.6) is 0 Å². The van der Waals surface area contributed by atoms with Crippen LogP contribution in [0.3, 0.4) is 0 Å². The topological polar surface area (TPSA) is 126 Å². The van der Waals surface area contributed by atoms with Crippen LogP contribution in [0, 0.1) is 15.9 Å². The predicted octanol–water partition coefficient (Wildman–Crippen LogP) is 5.05. The molecule has 0 bridgehead atoms. The second kappa shape index (κ2) is 11.1. The summed E-state index contributed by atoms with van der Waals surface area (Å²) in [5.74, 6) is -1.51. The van der Waals surface area contributed by atoms with E-state index in [-0.39, 0.29) is 18.0 Å². The van der Waals surface area contributed by atoms with Crippen LogP contribution in [0.25, 0.3) is 28.6 Å².